The van der Waals surface area contributed by atoms with Crippen LogP contribution in [0.5, 0.6) is 11.5 Å². The highest BCUT2D eigenvalue weighted by Crippen LogP contribution is 2.28. The predicted molar refractivity (Wildman–Crippen MR) is 102 cm³/mol. The first kappa shape index (κ1) is 21.2. The number of nitrogens with one attached hydrogen (secondary N) is 1. The summed E-state index contributed by atoms with van der Waals surface area (Å²) in [5.41, 5.74) is 0.452. The van der Waals surface area contributed by atoms with E-state index < -0.39 is 24.6 Å². The lowest BCUT2D eigenvalue weighted by Gasteiger charge is -2.14. The Balaban J connectivity index is 1.88. The molecule has 0 aliphatic rings. The second kappa shape index (κ2) is 9.70. The van der Waals surface area contributed by atoms with Crippen LogP contribution in [0.3, 0.4) is 0 Å². The normalized spacial score (nSPS) is 11.3. The number of esters is 1. The van der Waals surface area contributed by atoms with Crippen molar-refractivity contribution in [2.75, 3.05) is 19.0 Å². The number of amides is 1. The standard InChI is InChI=1S/C19H19ClN2O6/c1-11(23)13-4-6-15(16(8-13)26-3)27-10-18(24)28-12(2)19(25)22-17-7-5-14(20)9-21-17/h4-9,12H,10H2,1-3H3,(H,21,22,25)/t12-/m1/s1. The summed E-state index contributed by atoms with van der Waals surface area (Å²) in [6.45, 7) is 2.41. The molecular formula is C19H19ClN2O6. The molecule has 2 rings (SSSR count). The minimum atomic E-state index is -1.06. The Morgan fingerprint density at radius 2 is 1.93 bits per heavy atom. The van der Waals surface area contributed by atoms with Crippen molar-refractivity contribution < 1.29 is 28.6 Å². The number of Topliss-reactive ketones (excluding diaryl/α,β-unsaturated/α-hetero) is 1. The summed E-state index contributed by atoms with van der Waals surface area (Å²) in [6.07, 6.45) is 0.322. The van der Waals surface area contributed by atoms with Gasteiger partial charge in [0, 0.05) is 11.8 Å². The van der Waals surface area contributed by atoms with Gasteiger partial charge in [0.05, 0.1) is 12.1 Å². The number of aromatic nitrogens is 1. The van der Waals surface area contributed by atoms with Gasteiger partial charge in [0.25, 0.3) is 5.91 Å². The van der Waals surface area contributed by atoms with Crippen molar-refractivity contribution in [1.29, 1.82) is 0 Å². The van der Waals surface area contributed by atoms with Crippen LogP contribution in [0.15, 0.2) is 36.5 Å². The molecule has 28 heavy (non-hydrogen) atoms. The number of hydrogen-bond acceptors (Lipinski definition) is 7. The van der Waals surface area contributed by atoms with Crippen molar-refractivity contribution in [1.82, 2.24) is 4.98 Å². The van der Waals surface area contributed by atoms with Gasteiger partial charge in [-0.15, -0.1) is 0 Å². The van der Waals surface area contributed by atoms with Crippen LogP contribution in [0.1, 0.15) is 24.2 Å². The molecule has 9 heteroatoms. The Hall–Kier alpha value is -3.13. The van der Waals surface area contributed by atoms with E-state index in [9.17, 15) is 14.4 Å². The van der Waals surface area contributed by atoms with Crippen molar-refractivity contribution in [3.63, 3.8) is 0 Å². The van der Waals surface area contributed by atoms with E-state index in [1.54, 1.807) is 12.1 Å². The summed E-state index contributed by atoms with van der Waals surface area (Å²) in [5, 5.41) is 2.94. The largest absolute Gasteiger partial charge is 0.493 e. The topological polar surface area (TPSA) is 104 Å². The summed E-state index contributed by atoms with van der Waals surface area (Å²) in [5.74, 6) is -0.564. The number of halogens is 1. The number of rotatable bonds is 8. The first-order valence-electron chi connectivity index (χ1n) is 8.24. The smallest absolute Gasteiger partial charge is 0.344 e. The van der Waals surface area contributed by atoms with Crippen molar-refractivity contribution in [2.24, 2.45) is 0 Å². The summed E-state index contributed by atoms with van der Waals surface area (Å²) < 4.78 is 15.6. The molecule has 1 amide bonds. The molecule has 0 saturated heterocycles. The highest BCUT2D eigenvalue weighted by atomic mass is 35.5. The highest BCUT2D eigenvalue weighted by Gasteiger charge is 2.19. The highest BCUT2D eigenvalue weighted by molar-refractivity contribution is 6.30. The number of ether oxygens (including phenoxy) is 3. The van der Waals surface area contributed by atoms with Gasteiger partial charge in [-0.3, -0.25) is 9.59 Å². The minimum absolute atomic E-state index is 0.126. The van der Waals surface area contributed by atoms with Crippen molar-refractivity contribution in [2.45, 2.75) is 20.0 Å². The number of nitrogens with zero attached hydrogens (tertiary/aromatic N) is 1. The quantitative estimate of drug-likeness (QED) is 0.531. The van der Waals surface area contributed by atoms with Gasteiger partial charge in [-0.05, 0) is 44.2 Å². The maximum Gasteiger partial charge on any atom is 0.344 e. The third-order valence-electron chi connectivity index (χ3n) is 3.57. The summed E-state index contributed by atoms with van der Waals surface area (Å²) in [4.78, 5) is 39.3. The second-order valence-electron chi connectivity index (χ2n) is 5.69. The molecule has 1 aromatic carbocycles. The van der Waals surface area contributed by atoms with Crippen LogP contribution in [0.2, 0.25) is 5.02 Å². The van der Waals surface area contributed by atoms with Gasteiger partial charge in [-0.1, -0.05) is 11.6 Å². The van der Waals surface area contributed by atoms with Crippen molar-refractivity contribution in [3.05, 3.63) is 47.1 Å². The number of hydrogen-bond donors (Lipinski definition) is 1. The molecule has 0 bridgehead atoms. The van der Waals surface area contributed by atoms with Gasteiger partial charge in [0.15, 0.2) is 30.0 Å². The SMILES string of the molecule is COc1cc(C(C)=O)ccc1OCC(=O)O[C@H](C)C(=O)Nc1ccc(Cl)cn1. The number of anilines is 1. The molecule has 0 unspecified atom stereocenters. The van der Waals surface area contributed by atoms with Crippen LogP contribution in [0, 0.1) is 0 Å². The van der Waals surface area contributed by atoms with Crippen molar-refractivity contribution >= 4 is 35.1 Å². The fraction of sp³-hybridized carbons (Fsp3) is 0.263. The van der Waals surface area contributed by atoms with Crippen LogP contribution >= 0.6 is 11.6 Å². The molecule has 8 nitrogen and oxygen atoms in total. The van der Waals surface area contributed by atoms with E-state index >= 15 is 0 Å². The number of benzene rings is 1. The van der Waals surface area contributed by atoms with Crippen LogP contribution < -0.4 is 14.8 Å². The van der Waals surface area contributed by atoms with Crippen LogP contribution in [-0.2, 0) is 14.3 Å². The molecular weight excluding hydrogens is 388 g/mol. The van der Waals surface area contributed by atoms with E-state index in [0.717, 1.165) is 0 Å². The summed E-state index contributed by atoms with van der Waals surface area (Å²) >= 11 is 5.73. The van der Waals surface area contributed by atoms with E-state index in [1.807, 2.05) is 0 Å². The zero-order valence-electron chi connectivity index (χ0n) is 15.5. The third kappa shape index (κ3) is 5.95. The molecule has 148 valence electrons. The molecule has 1 heterocycles. The van der Waals surface area contributed by atoms with Gasteiger partial charge in [0.2, 0.25) is 0 Å². The lowest BCUT2D eigenvalue weighted by molar-refractivity contribution is -0.155. The lowest BCUT2D eigenvalue weighted by Crippen LogP contribution is -2.31. The summed E-state index contributed by atoms with van der Waals surface area (Å²) in [6, 6.07) is 7.68. The fourth-order valence-corrected chi connectivity index (χ4v) is 2.22. The van der Waals surface area contributed by atoms with E-state index in [1.165, 1.54) is 45.4 Å². The first-order valence-corrected chi connectivity index (χ1v) is 8.61. The van der Waals surface area contributed by atoms with Crippen LogP contribution in [-0.4, -0.2) is 42.5 Å². The average Bonchev–Trinajstić information content (AvgIpc) is 2.67. The minimum Gasteiger partial charge on any atom is -0.493 e. The van der Waals surface area contributed by atoms with Crippen LogP contribution in [0.4, 0.5) is 5.82 Å². The summed E-state index contributed by atoms with van der Waals surface area (Å²) in [7, 11) is 1.42. The van der Waals surface area contributed by atoms with E-state index in [4.69, 9.17) is 25.8 Å². The molecule has 2 aromatic rings. The second-order valence-corrected chi connectivity index (χ2v) is 6.13. The number of carbonyl (C=O) groups excluding carboxylic acids is 3. The Labute approximate surface area is 166 Å². The number of methoxy groups -OCH3 is 1. The van der Waals surface area contributed by atoms with Gasteiger partial charge in [-0.25, -0.2) is 9.78 Å². The first-order chi connectivity index (χ1) is 13.3. The molecule has 1 aromatic heterocycles. The zero-order chi connectivity index (χ0) is 20.7. The van der Waals surface area contributed by atoms with Gasteiger partial charge < -0.3 is 19.5 Å². The monoisotopic (exact) mass is 406 g/mol. The number of ketones is 1. The molecule has 1 atom stereocenters. The van der Waals surface area contributed by atoms with Gasteiger partial charge in [-0.2, -0.15) is 0 Å². The third-order valence-corrected chi connectivity index (χ3v) is 3.80. The maximum absolute atomic E-state index is 12.1. The lowest BCUT2D eigenvalue weighted by atomic mass is 10.1. The Kier molecular flexibility index (Phi) is 7.34. The fourth-order valence-electron chi connectivity index (χ4n) is 2.10. The number of carbonyl (C=O) groups is 3. The molecule has 0 fully saturated rings. The Bertz CT molecular complexity index is 869. The zero-order valence-corrected chi connectivity index (χ0v) is 16.3. The van der Waals surface area contributed by atoms with Gasteiger partial charge in [0.1, 0.15) is 5.82 Å². The van der Waals surface area contributed by atoms with E-state index in [2.05, 4.69) is 10.3 Å². The average molecular weight is 407 g/mol. The predicted octanol–water partition coefficient (Wildman–Crippen LogP) is 2.90. The Morgan fingerprint density at radius 1 is 1.18 bits per heavy atom. The van der Waals surface area contributed by atoms with E-state index in [0.29, 0.717) is 16.3 Å². The van der Waals surface area contributed by atoms with Crippen LogP contribution in [0.25, 0.3) is 0 Å². The molecule has 0 spiro atoms. The number of pyridine rings is 1. The Morgan fingerprint density at radius 3 is 2.54 bits per heavy atom. The van der Waals surface area contributed by atoms with E-state index in [-0.39, 0.29) is 17.4 Å². The molecule has 0 saturated carbocycles. The molecule has 0 aliphatic heterocycles. The molecule has 1 N–H and O–H groups in total. The maximum atomic E-state index is 12.1. The van der Waals surface area contributed by atoms with Gasteiger partial charge >= 0.3 is 5.97 Å². The molecule has 0 radical (unpaired) electrons. The molecule has 0 aliphatic carbocycles. The van der Waals surface area contributed by atoms with Crippen molar-refractivity contribution in [3.8, 4) is 11.5 Å².